The Kier molecular flexibility index (Phi) is 10.0. The summed E-state index contributed by atoms with van der Waals surface area (Å²) in [6, 6.07) is 20.5. The molecule has 2 amide bonds. The number of amides is 2. The van der Waals surface area contributed by atoms with E-state index in [4.69, 9.17) is 0 Å². The first kappa shape index (κ1) is 32.4. The normalized spacial score (nSPS) is 17.7. The molecule has 5 rings (SSSR count). The van der Waals surface area contributed by atoms with Crippen LogP contribution in [0.3, 0.4) is 0 Å². The molecule has 1 aliphatic carbocycles. The number of aromatic amines is 1. The fourth-order valence-electron chi connectivity index (χ4n) is 5.80. The third-order valence-corrected chi connectivity index (χ3v) is 9.92. The quantitative estimate of drug-likeness (QED) is 0.154. The topological polar surface area (TPSA) is 120 Å². The van der Waals surface area contributed by atoms with Crippen LogP contribution in [0.25, 0.3) is 22.2 Å². The molecule has 0 radical (unpaired) electrons. The molecule has 4 N–H and O–H groups in total. The van der Waals surface area contributed by atoms with E-state index in [1.165, 1.54) is 12.1 Å². The third kappa shape index (κ3) is 8.38. The zero-order valence-electron chi connectivity index (χ0n) is 25.9. The van der Waals surface area contributed by atoms with E-state index >= 15 is 0 Å². The van der Waals surface area contributed by atoms with Gasteiger partial charge in [0.2, 0.25) is 21.8 Å². The molecule has 45 heavy (non-hydrogen) atoms. The average Bonchev–Trinajstić information content (AvgIpc) is 3.44. The first-order valence-electron chi connectivity index (χ1n) is 15.5. The molecule has 1 aliphatic rings. The summed E-state index contributed by atoms with van der Waals surface area (Å²) >= 11 is 0. The number of carbonyl (C=O) groups is 2. The summed E-state index contributed by atoms with van der Waals surface area (Å²) in [5.41, 5.74) is 4.37. The molecular weight excluding hydrogens is 591 g/mol. The number of rotatable bonds is 11. The van der Waals surface area contributed by atoms with E-state index in [1.807, 2.05) is 51.1 Å². The van der Waals surface area contributed by atoms with Crippen LogP contribution in [0, 0.1) is 17.7 Å². The van der Waals surface area contributed by atoms with Crippen molar-refractivity contribution in [3.8, 4) is 11.3 Å². The number of hydrogen-bond acceptors (Lipinski definition) is 4. The zero-order valence-corrected chi connectivity index (χ0v) is 26.7. The maximum atomic E-state index is 13.3. The van der Waals surface area contributed by atoms with E-state index in [-0.39, 0.29) is 40.5 Å². The van der Waals surface area contributed by atoms with Gasteiger partial charge in [0.25, 0.3) is 0 Å². The number of halogens is 1. The van der Waals surface area contributed by atoms with E-state index in [1.54, 1.807) is 30.3 Å². The Morgan fingerprint density at radius 3 is 2.27 bits per heavy atom. The molecule has 8 nitrogen and oxygen atoms in total. The van der Waals surface area contributed by atoms with Gasteiger partial charge in [0.15, 0.2) is 0 Å². The highest BCUT2D eigenvalue weighted by atomic mass is 32.2. The van der Waals surface area contributed by atoms with Crippen LogP contribution in [0.15, 0.2) is 77.7 Å². The Morgan fingerprint density at radius 2 is 1.60 bits per heavy atom. The van der Waals surface area contributed by atoms with E-state index in [0.717, 1.165) is 27.8 Å². The summed E-state index contributed by atoms with van der Waals surface area (Å²) in [5.74, 6) is -0.233. The lowest BCUT2D eigenvalue weighted by atomic mass is 9.85. The van der Waals surface area contributed by atoms with E-state index in [9.17, 15) is 22.4 Å². The van der Waals surface area contributed by atoms with Crippen molar-refractivity contribution < 1.29 is 22.4 Å². The number of hydrogen-bond donors (Lipinski definition) is 4. The largest absolute Gasteiger partial charge is 0.354 e. The van der Waals surface area contributed by atoms with Crippen LogP contribution in [0.5, 0.6) is 0 Å². The zero-order chi connectivity index (χ0) is 32.1. The molecule has 0 bridgehead atoms. The molecule has 0 saturated heterocycles. The number of fused-ring (bicyclic) bond motifs is 1. The Labute approximate surface area is 264 Å². The molecule has 0 unspecified atom stereocenters. The van der Waals surface area contributed by atoms with Gasteiger partial charge in [-0.1, -0.05) is 56.3 Å². The summed E-state index contributed by atoms with van der Waals surface area (Å²) in [5, 5.41) is 6.85. The summed E-state index contributed by atoms with van der Waals surface area (Å²) in [6.45, 7) is 6.36. The predicted octanol–water partition coefficient (Wildman–Crippen LogP) is 6.35. The number of nitrogens with one attached hydrogen (secondary N) is 4. The molecule has 4 aromatic rings. The number of sulfonamides is 1. The van der Waals surface area contributed by atoms with Gasteiger partial charge in [0.1, 0.15) is 5.82 Å². The van der Waals surface area contributed by atoms with Crippen molar-refractivity contribution in [3.63, 3.8) is 0 Å². The highest BCUT2D eigenvalue weighted by Gasteiger charge is 2.30. The molecule has 1 saturated carbocycles. The molecule has 0 aliphatic heterocycles. The van der Waals surface area contributed by atoms with Crippen molar-refractivity contribution in [1.29, 1.82) is 0 Å². The summed E-state index contributed by atoms with van der Waals surface area (Å²) < 4.78 is 42.7. The molecule has 10 heteroatoms. The molecular formula is C35H41FN4O4S. The minimum Gasteiger partial charge on any atom is -0.354 e. The van der Waals surface area contributed by atoms with Crippen LogP contribution in [-0.4, -0.2) is 31.3 Å². The standard InChI is InChI=1S/C35H41FN4O4S/c1-22(2)18-34(41)37-21-24-4-6-26(7-5-24)32-19-28-12-17-31(20-33(28)39-32)45(43,44)40-30-15-10-27(11-16-30)35(42)38-23(3)25-8-13-29(36)14-9-25/h4-9,12-14,17,19-20,22-23,27,30,39-40H,10-11,15-16,18,21H2,1-3H3,(H,37,41)(H,38,42)/t23-,27?,30?/m1/s1. The van der Waals surface area contributed by atoms with Gasteiger partial charge in [-0.05, 0) is 85.5 Å². The highest BCUT2D eigenvalue weighted by molar-refractivity contribution is 7.89. The molecule has 1 heterocycles. The lowest BCUT2D eigenvalue weighted by Crippen LogP contribution is -2.41. The van der Waals surface area contributed by atoms with Crippen molar-refractivity contribution in [2.75, 3.05) is 0 Å². The summed E-state index contributed by atoms with van der Waals surface area (Å²) in [4.78, 5) is 28.3. The summed E-state index contributed by atoms with van der Waals surface area (Å²) in [7, 11) is -3.77. The van der Waals surface area contributed by atoms with Crippen LogP contribution in [0.2, 0.25) is 0 Å². The fourth-order valence-corrected chi connectivity index (χ4v) is 7.13. The molecule has 0 spiro atoms. The maximum absolute atomic E-state index is 13.3. The lowest BCUT2D eigenvalue weighted by Gasteiger charge is -2.29. The van der Waals surface area contributed by atoms with Crippen LogP contribution in [0.4, 0.5) is 4.39 Å². The third-order valence-electron chi connectivity index (χ3n) is 8.40. The Hall–Kier alpha value is -4.02. The Morgan fingerprint density at radius 1 is 0.911 bits per heavy atom. The van der Waals surface area contributed by atoms with Crippen LogP contribution >= 0.6 is 0 Å². The van der Waals surface area contributed by atoms with Crippen molar-refractivity contribution in [1.82, 2.24) is 20.3 Å². The van der Waals surface area contributed by atoms with Gasteiger partial charge in [0, 0.05) is 41.5 Å². The van der Waals surface area contributed by atoms with Gasteiger partial charge < -0.3 is 15.6 Å². The predicted molar refractivity (Wildman–Crippen MR) is 174 cm³/mol. The molecule has 1 aromatic heterocycles. The number of aromatic nitrogens is 1. The van der Waals surface area contributed by atoms with Gasteiger partial charge in [-0.3, -0.25) is 9.59 Å². The lowest BCUT2D eigenvalue weighted by molar-refractivity contribution is -0.126. The maximum Gasteiger partial charge on any atom is 0.240 e. The average molecular weight is 633 g/mol. The van der Waals surface area contributed by atoms with E-state index in [2.05, 4.69) is 20.3 Å². The SMILES string of the molecule is CC(C)CC(=O)NCc1ccc(-c2cc3ccc(S(=O)(=O)NC4CCC(C(=O)N[C@H](C)c5ccc(F)cc5)CC4)cc3[nH]2)cc1. The van der Waals surface area contributed by atoms with Crippen molar-refractivity contribution in [2.45, 2.75) is 76.4 Å². The first-order chi connectivity index (χ1) is 21.5. The highest BCUT2D eigenvalue weighted by Crippen LogP contribution is 2.29. The van der Waals surface area contributed by atoms with Crippen molar-refractivity contribution in [2.24, 2.45) is 11.8 Å². The van der Waals surface area contributed by atoms with E-state index in [0.29, 0.717) is 50.1 Å². The second kappa shape index (κ2) is 14.0. The van der Waals surface area contributed by atoms with Gasteiger partial charge in [-0.2, -0.15) is 0 Å². The number of carbonyl (C=O) groups excluding carboxylic acids is 2. The van der Waals surface area contributed by atoms with Crippen LogP contribution in [-0.2, 0) is 26.2 Å². The van der Waals surface area contributed by atoms with Crippen molar-refractivity contribution in [3.05, 3.63) is 89.7 Å². The number of benzene rings is 3. The Bertz CT molecular complexity index is 1740. The summed E-state index contributed by atoms with van der Waals surface area (Å²) in [6.07, 6.45) is 2.79. The van der Waals surface area contributed by atoms with Crippen molar-refractivity contribution >= 4 is 32.7 Å². The molecule has 1 atom stereocenters. The second-order valence-corrected chi connectivity index (χ2v) is 14.2. The second-order valence-electron chi connectivity index (χ2n) is 12.5. The van der Waals surface area contributed by atoms with Gasteiger partial charge in [-0.25, -0.2) is 17.5 Å². The molecule has 3 aromatic carbocycles. The van der Waals surface area contributed by atoms with Crippen LogP contribution in [0.1, 0.15) is 70.0 Å². The monoisotopic (exact) mass is 632 g/mol. The smallest absolute Gasteiger partial charge is 0.240 e. The fraction of sp³-hybridized carbons (Fsp3) is 0.371. The first-order valence-corrected chi connectivity index (χ1v) is 17.0. The van der Waals surface area contributed by atoms with Gasteiger partial charge in [-0.15, -0.1) is 0 Å². The molecule has 238 valence electrons. The Balaban J connectivity index is 1.16. The van der Waals surface area contributed by atoms with Gasteiger partial charge >= 0.3 is 0 Å². The minimum atomic E-state index is -3.77. The minimum absolute atomic E-state index is 0.0367. The van der Waals surface area contributed by atoms with Crippen LogP contribution < -0.4 is 15.4 Å². The number of H-pyrrole nitrogens is 1. The molecule has 1 fully saturated rings. The van der Waals surface area contributed by atoms with Gasteiger partial charge in [0.05, 0.1) is 10.9 Å². The van der Waals surface area contributed by atoms with E-state index < -0.39 is 10.0 Å².